The van der Waals surface area contributed by atoms with E-state index in [0.717, 1.165) is 36.8 Å². The van der Waals surface area contributed by atoms with Gasteiger partial charge in [0.2, 0.25) is 0 Å². The van der Waals surface area contributed by atoms with Gasteiger partial charge in [0.15, 0.2) is 0 Å². The molecule has 124 valence electrons. The van der Waals surface area contributed by atoms with E-state index < -0.39 is 0 Å². The van der Waals surface area contributed by atoms with Gasteiger partial charge in [-0.05, 0) is 37.5 Å². The van der Waals surface area contributed by atoms with Gasteiger partial charge in [0, 0.05) is 22.6 Å². The predicted molar refractivity (Wildman–Crippen MR) is 93.8 cm³/mol. The van der Waals surface area contributed by atoms with Gasteiger partial charge in [0.05, 0.1) is 18.5 Å². The summed E-state index contributed by atoms with van der Waals surface area (Å²) in [4.78, 5) is 5.48. The Kier molecular flexibility index (Phi) is 7.72. The smallest absolute Gasteiger partial charge is 0.118 e. The number of rotatable bonds is 9. The van der Waals surface area contributed by atoms with E-state index in [1.165, 1.54) is 0 Å². The molecule has 0 radical (unpaired) electrons. The first-order valence-corrected chi connectivity index (χ1v) is 8.29. The largest absolute Gasteiger partial charge is 0.395 e. The van der Waals surface area contributed by atoms with Gasteiger partial charge in [-0.3, -0.25) is 0 Å². The molecular formula is C18H19ClN4O. The van der Waals surface area contributed by atoms with Crippen molar-refractivity contribution in [2.45, 2.75) is 32.1 Å². The van der Waals surface area contributed by atoms with Crippen molar-refractivity contribution in [3.8, 4) is 6.07 Å². The maximum Gasteiger partial charge on any atom is 0.118 e. The van der Waals surface area contributed by atoms with Gasteiger partial charge in [-0.2, -0.15) is 15.5 Å². The van der Waals surface area contributed by atoms with E-state index >= 15 is 0 Å². The fourth-order valence-corrected chi connectivity index (χ4v) is 2.27. The van der Waals surface area contributed by atoms with Crippen molar-refractivity contribution < 1.29 is 4.84 Å². The molecule has 24 heavy (non-hydrogen) atoms. The molecule has 0 aliphatic carbocycles. The van der Waals surface area contributed by atoms with Crippen LogP contribution in [0, 0.1) is 11.3 Å². The van der Waals surface area contributed by atoms with Crippen LogP contribution in [0.2, 0.25) is 5.02 Å². The van der Waals surface area contributed by atoms with Gasteiger partial charge in [0.25, 0.3) is 0 Å². The molecule has 0 saturated heterocycles. The van der Waals surface area contributed by atoms with Crippen molar-refractivity contribution in [3.05, 3.63) is 58.9 Å². The number of unbranched alkanes of at least 4 members (excludes halogenated alkanes) is 4. The molecule has 0 saturated carbocycles. The molecule has 0 bridgehead atoms. The van der Waals surface area contributed by atoms with E-state index in [9.17, 15) is 0 Å². The van der Waals surface area contributed by atoms with Crippen LogP contribution in [-0.4, -0.2) is 22.5 Å². The van der Waals surface area contributed by atoms with E-state index in [4.69, 9.17) is 21.7 Å². The number of oxime groups is 1. The number of hydrogen-bond acceptors (Lipinski definition) is 5. The summed E-state index contributed by atoms with van der Waals surface area (Å²) in [6.45, 7) is 0.544. The highest BCUT2D eigenvalue weighted by Crippen LogP contribution is 2.14. The third-order valence-corrected chi connectivity index (χ3v) is 3.66. The number of halogens is 1. The summed E-state index contributed by atoms with van der Waals surface area (Å²) in [5.41, 5.74) is 2.44. The second-order valence-corrected chi connectivity index (χ2v) is 5.67. The molecule has 0 aliphatic heterocycles. The minimum Gasteiger partial charge on any atom is -0.395 e. The minimum absolute atomic E-state index is 0.544. The maximum absolute atomic E-state index is 8.49. The number of nitrogens with zero attached hydrogens (tertiary/aromatic N) is 4. The molecule has 2 aromatic rings. The monoisotopic (exact) mass is 342 g/mol. The van der Waals surface area contributed by atoms with E-state index in [-0.39, 0.29) is 0 Å². The molecule has 2 rings (SSSR count). The predicted octanol–water partition coefficient (Wildman–Crippen LogP) is 4.37. The Balaban J connectivity index is 1.96. The minimum atomic E-state index is 0.544. The van der Waals surface area contributed by atoms with Crippen LogP contribution in [-0.2, 0) is 4.84 Å². The van der Waals surface area contributed by atoms with Crippen molar-refractivity contribution >= 4 is 17.3 Å². The van der Waals surface area contributed by atoms with E-state index in [1.807, 2.05) is 30.3 Å². The first-order valence-electron chi connectivity index (χ1n) is 7.91. The average Bonchev–Trinajstić information content (AvgIpc) is 2.62. The number of nitriles is 1. The summed E-state index contributed by atoms with van der Waals surface area (Å²) in [6, 6.07) is 11.4. The molecule has 1 aromatic carbocycles. The molecule has 5 nitrogen and oxygen atoms in total. The molecule has 0 amide bonds. The molecule has 6 heteroatoms. The van der Waals surface area contributed by atoms with Crippen molar-refractivity contribution in [2.24, 2.45) is 5.16 Å². The Labute approximate surface area is 146 Å². The first-order chi connectivity index (χ1) is 11.8. The molecule has 0 spiro atoms. The Bertz CT molecular complexity index is 680. The second kappa shape index (κ2) is 10.3. The lowest BCUT2D eigenvalue weighted by molar-refractivity contribution is 0.140. The number of benzene rings is 1. The summed E-state index contributed by atoms with van der Waals surface area (Å²) in [7, 11) is 0. The van der Waals surface area contributed by atoms with Crippen molar-refractivity contribution in [3.63, 3.8) is 0 Å². The Morgan fingerprint density at radius 1 is 1.04 bits per heavy atom. The van der Waals surface area contributed by atoms with E-state index in [0.29, 0.717) is 23.8 Å². The lowest BCUT2D eigenvalue weighted by Crippen LogP contribution is -2.06. The SMILES string of the molecule is N#CCCCCCCO/N=C(\c1ccc(Cl)cc1)c1ccnnc1. The van der Waals surface area contributed by atoms with Crippen LogP contribution in [0.1, 0.15) is 43.2 Å². The van der Waals surface area contributed by atoms with Crippen LogP contribution in [0.25, 0.3) is 0 Å². The Morgan fingerprint density at radius 3 is 2.54 bits per heavy atom. The van der Waals surface area contributed by atoms with Crippen LogP contribution < -0.4 is 0 Å². The van der Waals surface area contributed by atoms with Gasteiger partial charge in [-0.25, -0.2) is 0 Å². The highest BCUT2D eigenvalue weighted by molar-refractivity contribution is 6.30. The molecule has 1 heterocycles. The van der Waals surface area contributed by atoms with E-state index in [1.54, 1.807) is 12.4 Å². The highest BCUT2D eigenvalue weighted by atomic mass is 35.5. The molecular weight excluding hydrogens is 324 g/mol. The van der Waals surface area contributed by atoms with Crippen LogP contribution in [0.3, 0.4) is 0 Å². The van der Waals surface area contributed by atoms with Crippen LogP contribution in [0.5, 0.6) is 0 Å². The van der Waals surface area contributed by atoms with Gasteiger partial charge in [-0.15, -0.1) is 0 Å². The maximum atomic E-state index is 8.49. The summed E-state index contributed by atoms with van der Waals surface area (Å²) in [5.74, 6) is 0. The van der Waals surface area contributed by atoms with Gasteiger partial charge < -0.3 is 4.84 Å². The number of aromatic nitrogens is 2. The molecule has 1 aromatic heterocycles. The summed E-state index contributed by atoms with van der Waals surface area (Å²) >= 11 is 5.95. The summed E-state index contributed by atoms with van der Waals surface area (Å²) in [6.07, 6.45) is 7.82. The van der Waals surface area contributed by atoms with Crippen LogP contribution in [0.4, 0.5) is 0 Å². The summed E-state index contributed by atoms with van der Waals surface area (Å²) in [5, 5.41) is 21.1. The Morgan fingerprint density at radius 2 is 1.83 bits per heavy atom. The fraction of sp³-hybridized carbons (Fsp3) is 0.333. The second-order valence-electron chi connectivity index (χ2n) is 5.23. The zero-order chi connectivity index (χ0) is 17.0. The third kappa shape index (κ3) is 5.98. The molecule has 0 aliphatic rings. The normalized spacial score (nSPS) is 11.1. The first kappa shape index (κ1) is 17.9. The van der Waals surface area contributed by atoms with Gasteiger partial charge in [0.1, 0.15) is 12.3 Å². The summed E-state index contributed by atoms with van der Waals surface area (Å²) < 4.78 is 0. The fourth-order valence-electron chi connectivity index (χ4n) is 2.15. The zero-order valence-corrected chi connectivity index (χ0v) is 14.1. The highest BCUT2D eigenvalue weighted by Gasteiger charge is 2.08. The standard InChI is InChI=1S/C18H19ClN4O/c19-17-8-6-15(7-9-17)18(16-10-12-21-22-14-16)23-24-13-5-3-1-2-4-11-20/h6-10,12,14H,1-5,13H2/b23-18+. The Hall–Kier alpha value is -2.45. The van der Waals surface area contributed by atoms with Crippen LogP contribution >= 0.6 is 11.6 Å². The molecule has 0 fully saturated rings. The van der Waals surface area contributed by atoms with E-state index in [2.05, 4.69) is 21.4 Å². The van der Waals surface area contributed by atoms with Crippen molar-refractivity contribution in [1.82, 2.24) is 10.2 Å². The zero-order valence-electron chi connectivity index (χ0n) is 13.4. The topological polar surface area (TPSA) is 71.2 Å². The quantitative estimate of drug-likeness (QED) is 0.385. The number of hydrogen-bond donors (Lipinski definition) is 0. The lowest BCUT2D eigenvalue weighted by Gasteiger charge is -2.07. The van der Waals surface area contributed by atoms with Gasteiger partial charge in [-0.1, -0.05) is 35.3 Å². The molecule has 0 atom stereocenters. The van der Waals surface area contributed by atoms with Crippen molar-refractivity contribution in [2.75, 3.05) is 6.61 Å². The average molecular weight is 343 g/mol. The van der Waals surface area contributed by atoms with Crippen LogP contribution in [0.15, 0.2) is 47.9 Å². The van der Waals surface area contributed by atoms with Crippen molar-refractivity contribution in [1.29, 1.82) is 5.26 Å². The third-order valence-electron chi connectivity index (χ3n) is 3.41. The lowest BCUT2D eigenvalue weighted by atomic mass is 10.1. The molecule has 0 unspecified atom stereocenters. The van der Waals surface area contributed by atoms with Gasteiger partial charge >= 0.3 is 0 Å². The molecule has 0 N–H and O–H groups in total.